The van der Waals surface area contributed by atoms with Gasteiger partial charge in [-0.05, 0) is 49.2 Å². The van der Waals surface area contributed by atoms with Crippen molar-refractivity contribution in [2.75, 3.05) is 11.4 Å². The molecule has 29 heavy (non-hydrogen) atoms. The fourth-order valence-corrected chi connectivity index (χ4v) is 2.90. The second kappa shape index (κ2) is 8.26. The molecule has 3 amide bonds. The first-order valence-electron chi connectivity index (χ1n) is 9.36. The molecule has 2 aromatic carbocycles. The van der Waals surface area contributed by atoms with Crippen LogP contribution in [0.1, 0.15) is 51.8 Å². The van der Waals surface area contributed by atoms with E-state index in [1.165, 1.54) is 31.2 Å². The van der Waals surface area contributed by atoms with Gasteiger partial charge in [-0.3, -0.25) is 14.4 Å². The van der Waals surface area contributed by atoms with Crippen molar-refractivity contribution in [1.29, 1.82) is 0 Å². The highest BCUT2D eigenvalue weighted by Crippen LogP contribution is 2.28. The number of benzene rings is 2. The fraction of sp³-hybridized carbons (Fsp3) is 0.273. The maximum Gasteiger partial charge on any atom is 0.338 e. The lowest BCUT2D eigenvalue weighted by molar-refractivity contribution is -0.129. The molecule has 0 aromatic heterocycles. The van der Waals surface area contributed by atoms with Crippen LogP contribution in [-0.2, 0) is 9.53 Å². The van der Waals surface area contributed by atoms with Gasteiger partial charge in [0.05, 0.1) is 22.4 Å². The van der Waals surface area contributed by atoms with E-state index in [1.54, 1.807) is 24.3 Å². The molecule has 0 saturated heterocycles. The molecule has 0 aliphatic carbocycles. The van der Waals surface area contributed by atoms with Crippen molar-refractivity contribution >= 4 is 29.4 Å². The molecule has 150 valence electrons. The summed E-state index contributed by atoms with van der Waals surface area (Å²) in [5.41, 5.74) is 1.27. The van der Waals surface area contributed by atoms with Gasteiger partial charge in [-0.15, -0.1) is 0 Å². The minimum absolute atomic E-state index is 0.217. The Morgan fingerprint density at radius 1 is 0.931 bits per heavy atom. The zero-order valence-corrected chi connectivity index (χ0v) is 16.5. The molecule has 0 bridgehead atoms. The summed E-state index contributed by atoms with van der Waals surface area (Å²) in [6, 6.07) is 12.5. The number of nitrogens with one attached hydrogen (secondary N) is 1. The van der Waals surface area contributed by atoms with E-state index < -0.39 is 23.9 Å². The number of amides is 3. The van der Waals surface area contributed by atoms with Crippen molar-refractivity contribution in [3.8, 4) is 0 Å². The quantitative estimate of drug-likeness (QED) is 0.601. The fourth-order valence-electron chi connectivity index (χ4n) is 2.90. The van der Waals surface area contributed by atoms with Gasteiger partial charge in [-0.1, -0.05) is 26.0 Å². The molecule has 0 spiro atoms. The summed E-state index contributed by atoms with van der Waals surface area (Å²) in [4.78, 5) is 50.4. The van der Waals surface area contributed by atoms with Crippen LogP contribution in [-0.4, -0.2) is 36.3 Å². The molecule has 1 heterocycles. The molecule has 7 heteroatoms. The number of rotatable bonds is 6. The van der Waals surface area contributed by atoms with E-state index >= 15 is 0 Å². The van der Waals surface area contributed by atoms with Crippen LogP contribution in [0.3, 0.4) is 0 Å². The van der Waals surface area contributed by atoms with Crippen molar-refractivity contribution in [2.24, 2.45) is 5.92 Å². The summed E-state index contributed by atoms with van der Waals surface area (Å²) in [5.74, 6) is -1.55. The maximum atomic E-state index is 12.5. The lowest BCUT2D eigenvalue weighted by atomic mass is 10.1. The van der Waals surface area contributed by atoms with Crippen LogP contribution < -0.4 is 10.2 Å². The Morgan fingerprint density at radius 3 is 2.00 bits per heavy atom. The van der Waals surface area contributed by atoms with Gasteiger partial charge in [-0.25, -0.2) is 9.69 Å². The number of carbonyl (C=O) groups is 4. The molecule has 0 radical (unpaired) electrons. The average molecular weight is 394 g/mol. The van der Waals surface area contributed by atoms with E-state index in [2.05, 4.69) is 5.32 Å². The Kier molecular flexibility index (Phi) is 5.77. The van der Waals surface area contributed by atoms with E-state index in [9.17, 15) is 19.2 Å². The van der Waals surface area contributed by atoms with E-state index in [1.807, 2.05) is 13.8 Å². The molecule has 7 nitrogen and oxygen atoms in total. The highest BCUT2D eigenvalue weighted by Gasteiger charge is 2.36. The number of fused-ring (bicyclic) bond motifs is 1. The number of hydrogen-bond donors (Lipinski definition) is 1. The number of esters is 1. The number of hydrogen-bond acceptors (Lipinski definition) is 5. The third-order valence-corrected chi connectivity index (χ3v) is 4.49. The smallest absolute Gasteiger partial charge is 0.338 e. The molecule has 0 fully saturated rings. The van der Waals surface area contributed by atoms with Crippen molar-refractivity contribution in [3.05, 3.63) is 65.2 Å². The topological polar surface area (TPSA) is 92.8 Å². The summed E-state index contributed by atoms with van der Waals surface area (Å²) < 4.78 is 5.19. The van der Waals surface area contributed by atoms with Crippen molar-refractivity contribution in [1.82, 2.24) is 5.32 Å². The number of carbonyl (C=O) groups excluding carboxylic acids is 4. The molecule has 3 rings (SSSR count). The van der Waals surface area contributed by atoms with Crippen LogP contribution in [0.2, 0.25) is 0 Å². The van der Waals surface area contributed by atoms with Gasteiger partial charge in [0.1, 0.15) is 0 Å². The third kappa shape index (κ3) is 4.18. The van der Waals surface area contributed by atoms with Crippen molar-refractivity contribution < 1.29 is 23.9 Å². The first-order chi connectivity index (χ1) is 13.8. The lowest BCUT2D eigenvalue weighted by Gasteiger charge is -2.16. The van der Waals surface area contributed by atoms with Gasteiger partial charge in [-0.2, -0.15) is 0 Å². The van der Waals surface area contributed by atoms with Crippen LogP contribution >= 0.6 is 0 Å². The molecule has 1 atom stereocenters. The zero-order valence-electron chi connectivity index (χ0n) is 16.5. The molecule has 1 aliphatic rings. The predicted octanol–water partition coefficient (Wildman–Crippen LogP) is 2.80. The summed E-state index contributed by atoms with van der Waals surface area (Å²) >= 11 is 0. The first kappa shape index (κ1) is 20.3. The minimum atomic E-state index is -0.933. The maximum absolute atomic E-state index is 12.5. The highest BCUT2D eigenvalue weighted by molar-refractivity contribution is 6.34. The number of anilines is 1. The van der Waals surface area contributed by atoms with Gasteiger partial charge in [0.2, 0.25) is 0 Å². The average Bonchev–Trinajstić information content (AvgIpc) is 2.97. The second-order valence-corrected chi connectivity index (χ2v) is 7.22. The van der Waals surface area contributed by atoms with Gasteiger partial charge in [0.15, 0.2) is 6.10 Å². The number of imide groups is 1. The van der Waals surface area contributed by atoms with Gasteiger partial charge < -0.3 is 10.1 Å². The SMILES string of the molecule is CC(C)CNC(=O)[C@@H](C)OC(=O)c1ccc(N2C(=O)c3ccccc3C2=O)cc1. The Hall–Kier alpha value is -3.48. The van der Waals surface area contributed by atoms with Crippen molar-refractivity contribution in [2.45, 2.75) is 26.9 Å². The number of ether oxygens (including phenoxy) is 1. The molecule has 1 aliphatic heterocycles. The normalized spacial score (nSPS) is 14.0. The summed E-state index contributed by atoms with van der Waals surface area (Å²) in [5, 5.41) is 2.71. The predicted molar refractivity (Wildman–Crippen MR) is 107 cm³/mol. The molecule has 1 N–H and O–H groups in total. The Morgan fingerprint density at radius 2 is 1.48 bits per heavy atom. The molecular formula is C22H22N2O5. The molecule has 0 unspecified atom stereocenters. The largest absolute Gasteiger partial charge is 0.449 e. The molecular weight excluding hydrogens is 372 g/mol. The van der Waals surface area contributed by atoms with E-state index in [0.717, 1.165) is 4.90 Å². The van der Waals surface area contributed by atoms with Crippen molar-refractivity contribution in [3.63, 3.8) is 0 Å². The van der Waals surface area contributed by atoms with Crippen LogP contribution in [0.5, 0.6) is 0 Å². The second-order valence-electron chi connectivity index (χ2n) is 7.22. The van der Waals surface area contributed by atoms with E-state index in [4.69, 9.17) is 4.74 Å². The summed E-state index contributed by atoms with van der Waals surface area (Å²) in [7, 11) is 0. The van der Waals surface area contributed by atoms with Gasteiger partial charge >= 0.3 is 5.97 Å². The van der Waals surface area contributed by atoms with Crippen LogP contribution in [0, 0.1) is 5.92 Å². The third-order valence-electron chi connectivity index (χ3n) is 4.49. The van der Waals surface area contributed by atoms with E-state index in [-0.39, 0.29) is 17.4 Å². The van der Waals surface area contributed by atoms with Crippen LogP contribution in [0.4, 0.5) is 5.69 Å². The molecule has 2 aromatic rings. The Balaban J connectivity index is 1.68. The van der Waals surface area contributed by atoms with Crippen LogP contribution in [0.15, 0.2) is 48.5 Å². The standard InChI is InChI=1S/C22H22N2O5/c1-13(2)12-23-19(25)14(3)29-22(28)15-8-10-16(11-9-15)24-20(26)17-6-4-5-7-18(17)21(24)27/h4-11,13-14H,12H2,1-3H3,(H,23,25)/t14-/m1/s1. The summed E-state index contributed by atoms with van der Waals surface area (Å²) in [6.45, 7) is 5.93. The number of nitrogens with zero attached hydrogens (tertiary/aromatic N) is 1. The Bertz CT molecular complexity index is 930. The highest BCUT2D eigenvalue weighted by atomic mass is 16.5. The van der Waals surface area contributed by atoms with Crippen LogP contribution in [0.25, 0.3) is 0 Å². The lowest BCUT2D eigenvalue weighted by Crippen LogP contribution is -2.37. The van der Waals surface area contributed by atoms with Gasteiger partial charge in [0, 0.05) is 6.54 Å². The van der Waals surface area contributed by atoms with Gasteiger partial charge in [0.25, 0.3) is 17.7 Å². The Labute approximate surface area is 168 Å². The monoisotopic (exact) mass is 394 g/mol. The first-order valence-corrected chi connectivity index (χ1v) is 9.36. The zero-order chi connectivity index (χ0) is 21.1. The summed E-state index contributed by atoms with van der Waals surface area (Å²) in [6.07, 6.45) is -0.933. The molecule has 0 saturated carbocycles. The minimum Gasteiger partial charge on any atom is -0.449 e. The van der Waals surface area contributed by atoms with E-state index in [0.29, 0.717) is 23.4 Å².